The summed E-state index contributed by atoms with van der Waals surface area (Å²) in [6, 6.07) is 2.93. The molecule has 1 saturated heterocycles. The molecule has 1 amide bonds. The van der Waals surface area contributed by atoms with Gasteiger partial charge in [-0.2, -0.15) is 0 Å². The normalized spacial score (nSPS) is 20.2. The van der Waals surface area contributed by atoms with Crippen LogP contribution in [0.15, 0.2) is 18.2 Å². The number of nitrogens with two attached hydrogens (primary N) is 1. The van der Waals surface area contributed by atoms with Crippen LogP contribution in [0.2, 0.25) is 0 Å². The molecule has 1 aliphatic rings. The Labute approximate surface area is 123 Å². The fraction of sp³-hybridized carbons (Fsp3) is 0.500. The van der Waals surface area contributed by atoms with Gasteiger partial charge in [-0.15, -0.1) is 12.4 Å². The monoisotopic (exact) mass is 304 g/mol. The van der Waals surface area contributed by atoms with Gasteiger partial charge in [0.1, 0.15) is 11.6 Å². The maximum Gasteiger partial charge on any atom is 0.256 e. The largest absolute Gasteiger partial charge is 0.338 e. The van der Waals surface area contributed by atoms with Crippen LogP contribution in [0.25, 0.3) is 0 Å². The van der Waals surface area contributed by atoms with E-state index in [0.717, 1.165) is 31.0 Å². The molecular weight excluding hydrogens is 286 g/mol. The summed E-state index contributed by atoms with van der Waals surface area (Å²) in [5.41, 5.74) is 5.65. The highest BCUT2D eigenvalue weighted by Gasteiger charge is 2.27. The quantitative estimate of drug-likeness (QED) is 0.913. The average Bonchev–Trinajstić information content (AvgIpc) is 2.41. The van der Waals surface area contributed by atoms with Gasteiger partial charge in [-0.3, -0.25) is 4.79 Å². The lowest BCUT2D eigenvalue weighted by atomic mass is 9.92. The summed E-state index contributed by atoms with van der Waals surface area (Å²) in [6.45, 7) is 2.98. The van der Waals surface area contributed by atoms with Crippen molar-refractivity contribution in [3.63, 3.8) is 0 Å². The van der Waals surface area contributed by atoms with Crippen LogP contribution in [0.1, 0.15) is 30.1 Å². The van der Waals surface area contributed by atoms with E-state index < -0.39 is 17.5 Å². The van der Waals surface area contributed by atoms with Gasteiger partial charge < -0.3 is 10.6 Å². The molecule has 2 unspecified atom stereocenters. The Morgan fingerprint density at radius 2 is 2.15 bits per heavy atom. The van der Waals surface area contributed by atoms with Crippen molar-refractivity contribution in [1.29, 1.82) is 0 Å². The van der Waals surface area contributed by atoms with Crippen molar-refractivity contribution >= 4 is 18.3 Å². The summed E-state index contributed by atoms with van der Waals surface area (Å²) in [7, 11) is 0. The van der Waals surface area contributed by atoms with Crippen LogP contribution in [0.3, 0.4) is 0 Å². The highest BCUT2D eigenvalue weighted by Crippen LogP contribution is 2.21. The first-order valence-electron chi connectivity index (χ1n) is 6.49. The molecule has 1 aliphatic heterocycles. The van der Waals surface area contributed by atoms with Gasteiger partial charge in [0.05, 0.1) is 5.56 Å². The molecule has 0 spiro atoms. The second-order valence-electron chi connectivity index (χ2n) is 5.14. The van der Waals surface area contributed by atoms with Crippen molar-refractivity contribution < 1.29 is 13.6 Å². The maximum atomic E-state index is 13.6. The third-order valence-electron chi connectivity index (χ3n) is 3.65. The Balaban J connectivity index is 0.00000200. The first-order chi connectivity index (χ1) is 8.99. The van der Waals surface area contributed by atoms with E-state index >= 15 is 0 Å². The summed E-state index contributed by atoms with van der Waals surface area (Å²) in [6.07, 6.45) is 1.81. The third-order valence-corrected chi connectivity index (χ3v) is 3.65. The fourth-order valence-corrected chi connectivity index (χ4v) is 2.46. The van der Waals surface area contributed by atoms with Crippen LogP contribution < -0.4 is 5.73 Å². The second kappa shape index (κ2) is 6.99. The van der Waals surface area contributed by atoms with E-state index in [2.05, 4.69) is 0 Å². The zero-order valence-corrected chi connectivity index (χ0v) is 12.1. The SMILES string of the molecule is CC(N)C1CCCN(C(=O)c2cc(F)ccc2F)C1.Cl. The standard InChI is InChI=1S/C14H18F2N2O.ClH/c1-9(17)10-3-2-6-18(8-10)14(19)12-7-11(15)4-5-13(12)16;/h4-5,7,9-10H,2-3,6,8,17H2,1H3;1H. The van der Waals surface area contributed by atoms with Crippen molar-refractivity contribution in [3.8, 4) is 0 Å². The summed E-state index contributed by atoms with van der Waals surface area (Å²) in [5.74, 6) is -1.53. The predicted octanol–water partition coefficient (Wildman–Crippen LogP) is 2.59. The van der Waals surface area contributed by atoms with Gasteiger partial charge in [0.15, 0.2) is 0 Å². The lowest BCUT2D eigenvalue weighted by Gasteiger charge is -2.34. The highest BCUT2D eigenvalue weighted by atomic mass is 35.5. The van der Waals surface area contributed by atoms with Crippen LogP contribution >= 0.6 is 12.4 Å². The van der Waals surface area contributed by atoms with Gasteiger partial charge in [-0.25, -0.2) is 8.78 Å². The van der Waals surface area contributed by atoms with Crippen LogP contribution in [0.5, 0.6) is 0 Å². The number of hydrogen-bond donors (Lipinski definition) is 1. The molecule has 1 aromatic rings. The molecule has 2 N–H and O–H groups in total. The average molecular weight is 305 g/mol. The molecule has 1 fully saturated rings. The summed E-state index contributed by atoms with van der Waals surface area (Å²) >= 11 is 0. The number of rotatable bonds is 2. The van der Waals surface area contributed by atoms with E-state index in [0.29, 0.717) is 13.1 Å². The summed E-state index contributed by atoms with van der Waals surface area (Å²) in [5, 5.41) is 0. The van der Waals surface area contributed by atoms with Gasteiger partial charge in [0, 0.05) is 19.1 Å². The van der Waals surface area contributed by atoms with E-state index in [1.54, 1.807) is 4.90 Å². The zero-order valence-electron chi connectivity index (χ0n) is 11.3. The van der Waals surface area contributed by atoms with Crippen molar-refractivity contribution in [2.45, 2.75) is 25.8 Å². The van der Waals surface area contributed by atoms with E-state index in [9.17, 15) is 13.6 Å². The lowest BCUT2D eigenvalue weighted by Crippen LogP contribution is -2.45. The van der Waals surface area contributed by atoms with Crippen molar-refractivity contribution in [1.82, 2.24) is 4.90 Å². The number of halogens is 3. The Bertz CT molecular complexity index is 482. The molecule has 2 atom stereocenters. The molecule has 6 heteroatoms. The molecule has 0 aromatic heterocycles. The number of carbonyl (C=O) groups excluding carboxylic acids is 1. The smallest absolute Gasteiger partial charge is 0.256 e. The second-order valence-corrected chi connectivity index (χ2v) is 5.14. The van der Waals surface area contributed by atoms with E-state index in [1.807, 2.05) is 6.92 Å². The van der Waals surface area contributed by atoms with Crippen LogP contribution in [-0.4, -0.2) is 29.9 Å². The molecule has 0 bridgehead atoms. The summed E-state index contributed by atoms with van der Waals surface area (Å²) < 4.78 is 26.7. The topological polar surface area (TPSA) is 46.3 Å². The van der Waals surface area contributed by atoms with Gasteiger partial charge in [0.2, 0.25) is 0 Å². The lowest BCUT2D eigenvalue weighted by molar-refractivity contribution is 0.0655. The van der Waals surface area contributed by atoms with Crippen molar-refractivity contribution in [3.05, 3.63) is 35.4 Å². The highest BCUT2D eigenvalue weighted by molar-refractivity contribution is 5.94. The first kappa shape index (κ1) is 16.9. The number of carbonyl (C=O) groups is 1. The molecule has 3 nitrogen and oxygen atoms in total. The van der Waals surface area contributed by atoms with Crippen molar-refractivity contribution in [2.75, 3.05) is 13.1 Å². The molecule has 0 radical (unpaired) electrons. The Morgan fingerprint density at radius 3 is 2.80 bits per heavy atom. The van der Waals surface area contributed by atoms with Crippen LogP contribution in [0.4, 0.5) is 8.78 Å². The maximum absolute atomic E-state index is 13.6. The first-order valence-corrected chi connectivity index (χ1v) is 6.49. The predicted molar refractivity (Wildman–Crippen MR) is 75.9 cm³/mol. The molecule has 0 saturated carbocycles. The fourth-order valence-electron chi connectivity index (χ4n) is 2.46. The van der Waals surface area contributed by atoms with Gasteiger partial charge in [0.25, 0.3) is 5.91 Å². The number of likely N-dealkylation sites (tertiary alicyclic amines) is 1. The third kappa shape index (κ3) is 3.67. The molecule has 0 aliphatic carbocycles. The zero-order chi connectivity index (χ0) is 14.0. The minimum Gasteiger partial charge on any atom is -0.338 e. The van der Waals surface area contributed by atoms with Gasteiger partial charge in [-0.1, -0.05) is 0 Å². The molecule has 20 heavy (non-hydrogen) atoms. The van der Waals surface area contributed by atoms with Crippen LogP contribution in [-0.2, 0) is 0 Å². The molecule has 2 rings (SSSR count). The number of benzene rings is 1. The number of amides is 1. The number of piperidine rings is 1. The number of nitrogens with zero attached hydrogens (tertiary/aromatic N) is 1. The van der Waals surface area contributed by atoms with E-state index in [4.69, 9.17) is 5.73 Å². The Kier molecular flexibility index (Phi) is 5.89. The van der Waals surface area contributed by atoms with Gasteiger partial charge >= 0.3 is 0 Å². The Morgan fingerprint density at radius 1 is 1.45 bits per heavy atom. The minimum absolute atomic E-state index is 0. The van der Waals surface area contributed by atoms with Gasteiger partial charge in [-0.05, 0) is 43.9 Å². The minimum atomic E-state index is -0.686. The molecule has 112 valence electrons. The van der Waals surface area contributed by atoms with Crippen molar-refractivity contribution in [2.24, 2.45) is 11.7 Å². The number of hydrogen-bond acceptors (Lipinski definition) is 2. The summed E-state index contributed by atoms with van der Waals surface area (Å²) in [4.78, 5) is 13.8. The van der Waals surface area contributed by atoms with E-state index in [1.165, 1.54) is 0 Å². The molecule has 1 heterocycles. The molecular formula is C14H19ClF2N2O. The van der Waals surface area contributed by atoms with Crippen LogP contribution in [0, 0.1) is 17.6 Å². The van der Waals surface area contributed by atoms with E-state index in [-0.39, 0.29) is 29.9 Å². The molecule has 1 aromatic carbocycles. The Hall–Kier alpha value is -1.20.